The summed E-state index contributed by atoms with van der Waals surface area (Å²) in [4.78, 5) is 5.42. The van der Waals surface area contributed by atoms with Gasteiger partial charge >= 0.3 is 0 Å². The van der Waals surface area contributed by atoms with Crippen molar-refractivity contribution in [2.75, 3.05) is 9.80 Å². The summed E-state index contributed by atoms with van der Waals surface area (Å²) < 4.78 is 0. The molecule has 89 heavy (non-hydrogen) atoms. The summed E-state index contributed by atoms with van der Waals surface area (Å²) in [6, 6.07) is 106. The van der Waals surface area contributed by atoms with Crippen molar-refractivity contribution in [1.82, 2.24) is 0 Å². The third-order valence-corrected chi connectivity index (χ3v) is 18.8. The van der Waals surface area contributed by atoms with Gasteiger partial charge in [0, 0.05) is 45.0 Å². The first-order chi connectivity index (χ1) is 43.0. The quantitative estimate of drug-likeness (QED) is 0.111. The van der Waals surface area contributed by atoms with E-state index in [1.807, 2.05) is 0 Å². The van der Waals surface area contributed by atoms with Crippen LogP contribution in [0.25, 0.3) is 88.3 Å². The topological polar surface area (TPSA) is 6.48 Å². The van der Waals surface area contributed by atoms with Gasteiger partial charge in [0.2, 0.25) is 0 Å². The Balaban J connectivity index is 1.12. The molecule has 0 amide bonds. The number of anilines is 6. The third kappa shape index (κ3) is 9.85. The fourth-order valence-corrected chi connectivity index (χ4v) is 14.0. The van der Waals surface area contributed by atoms with E-state index in [1.54, 1.807) is 0 Å². The molecule has 13 aromatic rings. The fourth-order valence-electron chi connectivity index (χ4n) is 14.0. The summed E-state index contributed by atoms with van der Waals surface area (Å²) >= 11 is 0. The van der Waals surface area contributed by atoms with Crippen LogP contribution in [0, 0.1) is 0 Å². The van der Waals surface area contributed by atoms with Crippen molar-refractivity contribution < 1.29 is 0 Å². The van der Waals surface area contributed by atoms with Crippen LogP contribution in [-0.4, -0.2) is 6.71 Å². The number of nitrogens with zero attached hydrogens (tertiary/aromatic N) is 2. The van der Waals surface area contributed by atoms with E-state index in [9.17, 15) is 0 Å². The number of fused-ring (bicyclic) bond motifs is 6. The van der Waals surface area contributed by atoms with Crippen LogP contribution in [0.5, 0.6) is 0 Å². The lowest BCUT2D eigenvalue weighted by Gasteiger charge is -2.47. The largest absolute Gasteiger partial charge is 0.310 e. The van der Waals surface area contributed by atoms with Gasteiger partial charge in [0.15, 0.2) is 0 Å². The molecule has 15 rings (SSSR count). The summed E-state index contributed by atoms with van der Waals surface area (Å²) in [5.41, 5.74) is 28.3. The SMILES string of the molecule is CC(C)(C)c1cc(-c2ccccc2)c(N2c3ccc(-c4ccccc4)cc3B3c4ccc(-c5ccc6cc7ccccc7cc6c5)cc4N(c4c(-c5ccccc5)cc(C(C)(C)C)cc4-c4ccccc4)c4cc(C(C)(C)C)cc2c43)c(-c2ccccc2)c1. The van der Waals surface area contributed by atoms with E-state index in [0.717, 1.165) is 11.4 Å². The van der Waals surface area contributed by atoms with Gasteiger partial charge in [-0.25, -0.2) is 0 Å². The molecule has 0 saturated carbocycles. The Labute approximate surface area is 526 Å². The van der Waals surface area contributed by atoms with Crippen molar-refractivity contribution in [1.29, 1.82) is 0 Å². The molecule has 2 heterocycles. The molecule has 3 heteroatoms. The average Bonchev–Trinajstić information content (AvgIpc) is 0.702. The summed E-state index contributed by atoms with van der Waals surface area (Å²) in [5.74, 6) is 0. The maximum Gasteiger partial charge on any atom is 0.252 e. The number of benzene rings is 13. The Bertz CT molecular complexity index is 4750. The predicted molar refractivity (Wildman–Crippen MR) is 384 cm³/mol. The molecule has 0 saturated heterocycles. The van der Waals surface area contributed by atoms with Crippen molar-refractivity contribution >= 4 is 78.8 Å². The lowest BCUT2D eigenvalue weighted by atomic mass is 9.33. The highest BCUT2D eigenvalue weighted by molar-refractivity contribution is 7.00. The Morgan fingerprint density at radius 3 is 1.03 bits per heavy atom. The Morgan fingerprint density at radius 1 is 0.236 bits per heavy atom. The smallest absolute Gasteiger partial charge is 0.252 e. The van der Waals surface area contributed by atoms with Crippen molar-refractivity contribution in [3.05, 3.63) is 296 Å². The molecule has 430 valence electrons. The highest BCUT2D eigenvalue weighted by atomic mass is 15.2. The first kappa shape index (κ1) is 55.6. The van der Waals surface area contributed by atoms with Crippen molar-refractivity contribution in [3.63, 3.8) is 0 Å². The van der Waals surface area contributed by atoms with Gasteiger partial charge in [0.05, 0.1) is 11.4 Å². The van der Waals surface area contributed by atoms with E-state index < -0.39 is 0 Å². The van der Waals surface area contributed by atoms with E-state index in [-0.39, 0.29) is 23.0 Å². The van der Waals surface area contributed by atoms with Crippen LogP contribution in [0.15, 0.2) is 279 Å². The second kappa shape index (κ2) is 21.4. The Kier molecular flexibility index (Phi) is 13.4. The molecule has 0 unspecified atom stereocenters. The highest BCUT2D eigenvalue weighted by Crippen LogP contribution is 2.55. The second-order valence-corrected chi connectivity index (χ2v) is 27.8. The number of hydrogen-bond acceptors (Lipinski definition) is 2. The molecular formula is C86H73BN2. The van der Waals surface area contributed by atoms with Gasteiger partial charge in [-0.1, -0.05) is 275 Å². The zero-order valence-electron chi connectivity index (χ0n) is 52.5. The fraction of sp³-hybridized carbons (Fsp3) is 0.140. The summed E-state index contributed by atoms with van der Waals surface area (Å²) in [7, 11) is 0. The highest BCUT2D eigenvalue weighted by Gasteiger charge is 2.46. The molecule has 2 aliphatic heterocycles. The van der Waals surface area contributed by atoms with Gasteiger partial charge in [0.1, 0.15) is 0 Å². The van der Waals surface area contributed by atoms with Crippen LogP contribution < -0.4 is 26.2 Å². The normalized spacial score (nSPS) is 12.9. The van der Waals surface area contributed by atoms with E-state index in [2.05, 4.69) is 351 Å². The molecule has 0 atom stereocenters. The van der Waals surface area contributed by atoms with Crippen molar-refractivity contribution in [3.8, 4) is 66.8 Å². The van der Waals surface area contributed by atoms with Crippen LogP contribution in [0.3, 0.4) is 0 Å². The zero-order chi connectivity index (χ0) is 60.9. The number of hydrogen-bond donors (Lipinski definition) is 0. The van der Waals surface area contributed by atoms with Crippen LogP contribution in [0.4, 0.5) is 34.1 Å². The van der Waals surface area contributed by atoms with Gasteiger partial charge in [0.25, 0.3) is 6.71 Å². The molecule has 2 nitrogen and oxygen atoms in total. The molecule has 0 N–H and O–H groups in total. The zero-order valence-corrected chi connectivity index (χ0v) is 52.5. The summed E-state index contributed by atoms with van der Waals surface area (Å²) in [6.07, 6.45) is 0. The van der Waals surface area contributed by atoms with Gasteiger partial charge < -0.3 is 9.80 Å². The molecular weight excluding hydrogens is 1070 g/mol. The van der Waals surface area contributed by atoms with E-state index in [0.29, 0.717) is 0 Å². The monoisotopic (exact) mass is 1140 g/mol. The Hall–Kier alpha value is -9.96. The first-order valence-electron chi connectivity index (χ1n) is 31.7. The molecule has 2 aliphatic rings. The molecule has 0 radical (unpaired) electrons. The standard InChI is InChI=1S/C86H73BN2/c1-84(2,3)68-50-71(57-29-17-11-18-30-57)82(72(51-68)58-31-19-12-20-32-58)88-77-44-42-65(56-27-15-10-16-28-56)48-76(77)87-75-43-41-66(63-39-40-64-45-61-37-25-26-38-62(61)46-67(64)47-63)49-78(75)89(80-55-70(86(7,8)9)54-79(88)81(80)87)83-73(59-33-21-13-22-34-59)52-69(85(4,5)6)53-74(83)60-35-23-14-24-36-60/h10-55H,1-9H3. The minimum absolute atomic E-state index is 0.147. The van der Waals surface area contributed by atoms with E-state index in [1.165, 1.54) is 144 Å². The maximum absolute atomic E-state index is 2.72. The lowest BCUT2D eigenvalue weighted by molar-refractivity contribution is 0.590. The Morgan fingerprint density at radius 2 is 0.584 bits per heavy atom. The molecule has 0 bridgehead atoms. The van der Waals surface area contributed by atoms with Crippen molar-refractivity contribution in [2.24, 2.45) is 0 Å². The molecule has 13 aromatic carbocycles. The van der Waals surface area contributed by atoms with Gasteiger partial charge in [-0.2, -0.15) is 0 Å². The maximum atomic E-state index is 2.72. The lowest BCUT2D eigenvalue weighted by Crippen LogP contribution is -2.61. The van der Waals surface area contributed by atoms with E-state index in [4.69, 9.17) is 0 Å². The average molecular weight is 1150 g/mol. The molecule has 0 spiro atoms. The molecule has 0 fully saturated rings. The summed E-state index contributed by atoms with van der Waals surface area (Å²) in [6.45, 7) is 21.1. The first-order valence-corrected chi connectivity index (χ1v) is 31.7. The molecule has 0 aromatic heterocycles. The van der Waals surface area contributed by atoms with Crippen molar-refractivity contribution in [2.45, 2.75) is 78.6 Å². The third-order valence-electron chi connectivity index (χ3n) is 18.8. The molecule has 0 aliphatic carbocycles. The van der Waals surface area contributed by atoms with Crippen LogP contribution in [-0.2, 0) is 16.2 Å². The van der Waals surface area contributed by atoms with Crippen LogP contribution in [0.2, 0.25) is 0 Å². The van der Waals surface area contributed by atoms with Gasteiger partial charge in [-0.05, 0) is 182 Å². The van der Waals surface area contributed by atoms with Gasteiger partial charge in [-0.3, -0.25) is 0 Å². The van der Waals surface area contributed by atoms with E-state index >= 15 is 0 Å². The summed E-state index contributed by atoms with van der Waals surface area (Å²) in [5, 5.41) is 4.96. The van der Waals surface area contributed by atoms with Gasteiger partial charge in [-0.15, -0.1) is 0 Å². The minimum Gasteiger partial charge on any atom is -0.310 e. The van der Waals surface area contributed by atoms with Crippen LogP contribution in [0.1, 0.15) is 79.0 Å². The minimum atomic E-state index is -0.269. The number of rotatable bonds is 8. The van der Waals surface area contributed by atoms with Crippen LogP contribution >= 0.6 is 0 Å². The second-order valence-electron chi connectivity index (χ2n) is 27.8. The predicted octanol–water partition coefficient (Wildman–Crippen LogP) is 22.0.